The van der Waals surface area contributed by atoms with Crippen molar-refractivity contribution in [1.29, 1.82) is 0 Å². The first-order chi connectivity index (χ1) is 12.4. The van der Waals surface area contributed by atoms with Crippen LogP contribution in [-0.2, 0) is 9.59 Å². The van der Waals surface area contributed by atoms with Gasteiger partial charge in [0, 0.05) is 5.69 Å². The number of benzene rings is 2. The van der Waals surface area contributed by atoms with Gasteiger partial charge in [-0.15, -0.1) is 0 Å². The second kappa shape index (κ2) is 9.15. The maximum atomic E-state index is 11.9. The Bertz CT molecular complexity index is 850. The highest BCUT2D eigenvalue weighted by Crippen LogP contribution is 2.24. The minimum atomic E-state index is -0.491. The van der Waals surface area contributed by atoms with E-state index in [-0.39, 0.29) is 6.42 Å². The van der Waals surface area contributed by atoms with Crippen molar-refractivity contribution in [2.45, 2.75) is 20.3 Å². The molecule has 0 aliphatic carbocycles. The van der Waals surface area contributed by atoms with Crippen molar-refractivity contribution in [2.75, 3.05) is 12.4 Å². The number of carbonyl (C=O) groups excluding carboxylic acids is 2. The van der Waals surface area contributed by atoms with Gasteiger partial charge in [-0.1, -0.05) is 6.07 Å². The molecule has 2 N–H and O–H groups in total. The van der Waals surface area contributed by atoms with Crippen LogP contribution in [0.25, 0.3) is 0 Å². The molecule has 0 aliphatic rings. The second-order valence-corrected chi connectivity index (χ2v) is 6.57. The van der Waals surface area contributed by atoms with Crippen LogP contribution < -0.4 is 15.5 Å². The Balaban J connectivity index is 1.85. The van der Waals surface area contributed by atoms with Crippen molar-refractivity contribution < 1.29 is 14.3 Å². The van der Waals surface area contributed by atoms with E-state index in [0.717, 1.165) is 21.2 Å². The molecule has 6 nitrogen and oxygen atoms in total. The van der Waals surface area contributed by atoms with Gasteiger partial charge < -0.3 is 10.1 Å². The number of anilines is 1. The summed E-state index contributed by atoms with van der Waals surface area (Å²) in [6.07, 6.45) is 1.18. The number of ether oxygens (including phenoxy) is 1. The van der Waals surface area contributed by atoms with Crippen LogP contribution >= 0.6 is 15.9 Å². The fraction of sp³-hybridized carbons (Fsp3) is 0.211. The molecule has 0 aliphatic heterocycles. The molecule has 0 bridgehead atoms. The summed E-state index contributed by atoms with van der Waals surface area (Å²) >= 11 is 3.37. The molecule has 0 unspecified atom stereocenters. The van der Waals surface area contributed by atoms with Crippen LogP contribution in [0.15, 0.2) is 46.0 Å². The van der Waals surface area contributed by atoms with E-state index < -0.39 is 11.8 Å². The molecule has 7 heteroatoms. The number of amides is 2. The van der Waals surface area contributed by atoms with Gasteiger partial charge in [-0.2, -0.15) is 5.10 Å². The Labute approximate surface area is 160 Å². The molecule has 2 aromatic rings. The number of hydrogen-bond donors (Lipinski definition) is 2. The van der Waals surface area contributed by atoms with E-state index in [9.17, 15) is 9.59 Å². The fourth-order valence-corrected chi connectivity index (χ4v) is 2.71. The quantitative estimate of drug-likeness (QED) is 0.428. The lowest BCUT2D eigenvalue weighted by molar-refractivity contribution is -0.126. The van der Waals surface area contributed by atoms with E-state index in [1.165, 1.54) is 6.21 Å². The van der Waals surface area contributed by atoms with Gasteiger partial charge in [-0.05, 0) is 76.8 Å². The zero-order chi connectivity index (χ0) is 19.1. The van der Waals surface area contributed by atoms with E-state index >= 15 is 0 Å². The predicted octanol–water partition coefficient (Wildman–Crippen LogP) is 3.55. The van der Waals surface area contributed by atoms with Crippen LogP contribution in [0, 0.1) is 13.8 Å². The topological polar surface area (TPSA) is 79.8 Å². The van der Waals surface area contributed by atoms with Gasteiger partial charge in [-0.3, -0.25) is 9.59 Å². The van der Waals surface area contributed by atoms with Crippen molar-refractivity contribution in [3.8, 4) is 5.75 Å². The number of hydrogen-bond acceptors (Lipinski definition) is 4. The summed E-state index contributed by atoms with van der Waals surface area (Å²) in [4.78, 5) is 23.7. The number of nitrogens with zero attached hydrogens (tertiary/aromatic N) is 1. The molecule has 0 saturated carbocycles. The van der Waals surface area contributed by atoms with Crippen LogP contribution in [-0.4, -0.2) is 25.1 Å². The van der Waals surface area contributed by atoms with Gasteiger partial charge in [0.2, 0.25) is 11.8 Å². The lowest BCUT2D eigenvalue weighted by Crippen LogP contribution is -2.24. The van der Waals surface area contributed by atoms with E-state index in [1.807, 2.05) is 26.0 Å². The average Bonchev–Trinajstić information content (AvgIpc) is 2.58. The van der Waals surface area contributed by atoms with E-state index in [4.69, 9.17) is 4.74 Å². The highest BCUT2D eigenvalue weighted by atomic mass is 79.9. The fourth-order valence-electron chi connectivity index (χ4n) is 2.15. The van der Waals surface area contributed by atoms with Crippen LogP contribution in [0.2, 0.25) is 0 Å². The lowest BCUT2D eigenvalue weighted by Gasteiger charge is -2.07. The summed E-state index contributed by atoms with van der Waals surface area (Å²) < 4.78 is 5.92. The molecule has 0 atom stereocenters. The van der Waals surface area contributed by atoms with Crippen molar-refractivity contribution in [3.05, 3.63) is 57.6 Å². The zero-order valence-corrected chi connectivity index (χ0v) is 16.4. The molecule has 2 rings (SSSR count). The summed E-state index contributed by atoms with van der Waals surface area (Å²) in [6.45, 7) is 3.96. The second-order valence-electron chi connectivity index (χ2n) is 5.71. The lowest BCUT2D eigenvalue weighted by atomic mass is 10.1. The van der Waals surface area contributed by atoms with E-state index in [2.05, 4.69) is 31.8 Å². The molecular formula is C19H20BrN3O3. The SMILES string of the molecule is COc1ccc(C=NNC(=O)CC(=O)Nc2ccc(C)c(C)c2)cc1Br. The normalized spacial score (nSPS) is 10.6. The monoisotopic (exact) mass is 417 g/mol. The minimum Gasteiger partial charge on any atom is -0.496 e. The molecule has 0 spiro atoms. The average molecular weight is 418 g/mol. The van der Waals surface area contributed by atoms with Crippen molar-refractivity contribution in [1.82, 2.24) is 5.43 Å². The maximum Gasteiger partial charge on any atom is 0.249 e. The predicted molar refractivity (Wildman–Crippen MR) is 106 cm³/mol. The molecule has 0 fully saturated rings. The largest absolute Gasteiger partial charge is 0.496 e. The number of hydrazone groups is 1. The highest BCUT2D eigenvalue weighted by molar-refractivity contribution is 9.10. The Hall–Kier alpha value is -2.67. The van der Waals surface area contributed by atoms with Gasteiger partial charge in [0.1, 0.15) is 12.2 Å². The maximum absolute atomic E-state index is 11.9. The summed E-state index contributed by atoms with van der Waals surface area (Å²) in [6, 6.07) is 11.0. The number of carbonyl (C=O) groups is 2. The number of halogens is 1. The molecule has 2 aromatic carbocycles. The molecule has 2 amide bonds. The molecule has 0 saturated heterocycles. The van der Waals surface area contributed by atoms with Crippen molar-refractivity contribution >= 4 is 39.6 Å². The first-order valence-electron chi connectivity index (χ1n) is 7.91. The third-order valence-electron chi connectivity index (χ3n) is 3.69. The Morgan fingerprint density at radius 2 is 1.88 bits per heavy atom. The first-order valence-corrected chi connectivity index (χ1v) is 8.71. The third-order valence-corrected chi connectivity index (χ3v) is 4.31. The third kappa shape index (κ3) is 5.70. The highest BCUT2D eigenvalue weighted by Gasteiger charge is 2.09. The smallest absolute Gasteiger partial charge is 0.249 e. The number of aryl methyl sites for hydroxylation is 2. The van der Waals surface area contributed by atoms with Crippen LogP contribution in [0.3, 0.4) is 0 Å². The molecule has 0 heterocycles. The van der Waals surface area contributed by atoms with Gasteiger partial charge in [-0.25, -0.2) is 5.43 Å². The summed E-state index contributed by atoms with van der Waals surface area (Å²) in [7, 11) is 1.58. The Morgan fingerprint density at radius 1 is 1.12 bits per heavy atom. The van der Waals surface area contributed by atoms with Crippen molar-refractivity contribution in [2.24, 2.45) is 5.10 Å². The van der Waals surface area contributed by atoms with Gasteiger partial charge in [0.05, 0.1) is 17.8 Å². The Kier molecular flexibility index (Phi) is 6.91. The molecule has 26 heavy (non-hydrogen) atoms. The van der Waals surface area contributed by atoms with Gasteiger partial charge in [0.25, 0.3) is 0 Å². The number of methoxy groups -OCH3 is 1. The van der Waals surface area contributed by atoms with E-state index in [1.54, 1.807) is 31.4 Å². The summed E-state index contributed by atoms with van der Waals surface area (Å²) in [5, 5.41) is 6.56. The standard InChI is InChI=1S/C19H20BrN3O3/c1-12-4-6-15(8-13(12)2)22-18(24)10-19(25)23-21-11-14-5-7-17(26-3)16(20)9-14/h4-9,11H,10H2,1-3H3,(H,22,24)(H,23,25). The summed E-state index contributed by atoms with van der Waals surface area (Å²) in [5.41, 5.74) is 5.99. The number of nitrogens with one attached hydrogen (secondary N) is 2. The van der Waals surface area contributed by atoms with Crippen LogP contribution in [0.4, 0.5) is 5.69 Å². The molecular weight excluding hydrogens is 398 g/mol. The first kappa shape index (κ1) is 19.7. The van der Waals surface area contributed by atoms with E-state index in [0.29, 0.717) is 11.4 Å². The van der Waals surface area contributed by atoms with Crippen LogP contribution in [0.1, 0.15) is 23.1 Å². The Morgan fingerprint density at radius 3 is 2.54 bits per heavy atom. The minimum absolute atomic E-state index is 0.309. The molecule has 0 aromatic heterocycles. The summed E-state index contributed by atoms with van der Waals surface area (Å²) in [5.74, 6) is -0.183. The van der Waals surface area contributed by atoms with Crippen molar-refractivity contribution in [3.63, 3.8) is 0 Å². The van der Waals surface area contributed by atoms with Gasteiger partial charge in [0.15, 0.2) is 0 Å². The van der Waals surface area contributed by atoms with Crippen LogP contribution in [0.5, 0.6) is 5.75 Å². The molecule has 0 radical (unpaired) electrons. The van der Waals surface area contributed by atoms with Gasteiger partial charge >= 0.3 is 0 Å². The zero-order valence-electron chi connectivity index (χ0n) is 14.8. The number of rotatable bonds is 6. The molecule has 136 valence electrons.